The third kappa shape index (κ3) is 4.50. The topological polar surface area (TPSA) is 96.0 Å². The highest BCUT2D eigenvalue weighted by Crippen LogP contribution is 2.36. The van der Waals surface area contributed by atoms with Crippen LogP contribution in [0.2, 0.25) is 0 Å². The fourth-order valence-corrected chi connectivity index (χ4v) is 3.97. The molecule has 0 unspecified atom stereocenters. The second-order valence-electron chi connectivity index (χ2n) is 8.58. The maximum absolute atomic E-state index is 13.2. The Labute approximate surface area is 203 Å². The molecule has 178 valence electrons. The minimum Gasteiger partial charge on any atom is -0.452 e. The Hall–Kier alpha value is -4.46. The number of hydrogen-bond donors (Lipinski definition) is 1. The summed E-state index contributed by atoms with van der Waals surface area (Å²) in [7, 11) is 1.62. The second-order valence-corrected chi connectivity index (χ2v) is 8.58. The average molecular weight is 472 g/mol. The van der Waals surface area contributed by atoms with Crippen molar-refractivity contribution in [1.82, 2.24) is 0 Å². The Kier molecular flexibility index (Phi) is 6.38. The molecule has 1 aliphatic heterocycles. The van der Waals surface area contributed by atoms with Crippen molar-refractivity contribution in [2.75, 3.05) is 28.8 Å². The van der Waals surface area contributed by atoms with Gasteiger partial charge < -0.3 is 15.0 Å². The molecule has 4 rings (SSSR count). The van der Waals surface area contributed by atoms with Gasteiger partial charge in [-0.2, -0.15) is 0 Å². The molecule has 0 aromatic heterocycles. The number of nitrogens with zero attached hydrogens (tertiary/aromatic N) is 2. The summed E-state index contributed by atoms with van der Waals surface area (Å²) < 4.78 is 5.33. The summed E-state index contributed by atoms with van der Waals surface area (Å²) in [5, 5.41) is 2.79. The number of ether oxygens (including phenoxy) is 1. The highest BCUT2D eigenvalue weighted by atomic mass is 16.5. The third-order valence-electron chi connectivity index (χ3n) is 5.91. The molecule has 0 saturated heterocycles. The number of esters is 1. The Morgan fingerprint density at radius 1 is 0.886 bits per heavy atom. The number of benzene rings is 3. The van der Waals surface area contributed by atoms with Crippen molar-refractivity contribution >= 4 is 40.8 Å². The van der Waals surface area contributed by atoms with Crippen molar-refractivity contribution in [2.45, 2.75) is 19.4 Å². The number of anilines is 3. The lowest BCUT2D eigenvalue weighted by molar-refractivity contribution is -0.128. The summed E-state index contributed by atoms with van der Waals surface area (Å²) in [5.41, 5.74) is 0.683. The van der Waals surface area contributed by atoms with E-state index < -0.39 is 29.9 Å². The van der Waals surface area contributed by atoms with Crippen LogP contribution in [0.3, 0.4) is 0 Å². The van der Waals surface area contributed by atoms with E-state index in [9.17, 15) is 19.2 Å². The number of amides is 3. The van der Waals surface area contributed by atoms with Crippen LogP contribution in [0.4, 0.5) is 17.1 Å². The average Bonchev–Trinajstić information content (AvgIpc) is 2.87. The maximum Gasteiger partial charge on any atom is 0.339 e. The smallest absolute Gasteiger partial charge is 0.339 e. The van der Waals surface area contributed by atoms with E-state index in [4.69, 9.17) is 4.74 Å². The van der Waals surface area contributed by atoms with Gasteiger partial charge in [-0.1, -0.05) is 42.5 Å². The molecule has 35 heavy (non-hydrogen) atoms. The molecule has 0 aliphatic carbocycles. The van der Waals surface area contributed by atoms with Gasteiger partial charge in [0.15, 0.2) is 6.61 Å². The van der Waals surface area contributed by atoms with Crippen LogP contribution in [0.25, 0.3) is 0 Å². The molecule has 1 heterocycles. The van der Waals surface area contributed by atoms with E-state index in [1.165, 1.54) is 21.9 Å². The van der Waals surface area contributed by atoms with Crippen LogP contribution >= 0.6 is 0 Å². The van der Waals surface area contributed by atoms with Crippen LogP contribution < -0.4 is 15.1 Å². The lowest BCUT2D eigenvalue weighted by atomic mass is 9.96. The van der Waals surface area contributed by atoms with Crippen molar-refractivity contribution in [3.8, 4) is 0 Å². The lowest BCUT2D eigenvalue weighted by Crippen LogP contribution is -2.59. The fourth-order valence-electron chi connectivity index (χ4n) is 3.97. The fraction of sp³-hybridized carbons (Fsp3) is 0.185. The third-order valence-corrected chi connectivity index (χ3v) is 5.91. The number of fused-ring (bicyclic) bond motifs is 1. The van der Waals surface area contributed by atoms with Gasteiger partial charge in [-0.25, -0.2) is 4.79 Å². The molecule has 8 nitrogen and oxygen atoms in total. The van der Waals surface area contributed by atoms with E-state index in [0.29, 0.717) is 17.1 Å². The van der Waals surface area contributed by atoms with Gasteiger partial charge in [0.05, 0.1) is 22.5 Å². The number of hydrogen-bond acceptors (Lipinski definition) is 5. The SMILES string of the molecule is CN(C(=O)c1ccccc1C(=O)OCC(=O)N1c2ccccc2NC(=O)C1(C)C)c1ccccc1. The van der Waals surface area contributed by atoms with Gasteiger partial charge in [0.25, 0.3) is 11.8 Å². The number of carbonyl (C=O) groups excluding carboxylic acids is 4. The van der Waals surface area contributed by atoms with Crippen molar-refractivity contribution in [3.63, 3.8) is 0 Å². The zero-order chi connectivity index (χ0) is 25.2. The molecule has 0 spiro atoms. The van der Waals surface area contributed by atoms with E-state index in [1.54, 1.807) is 69.4 Å². The Bertz CT molecular complexity index is 1300. The Balaban J connectivity index is 1.53. The molecule has 0 bridgehead atoms. The number of para-hydroxylation sites is 3. The molecule has 8 heteroatoms. The van der Waals surface area contributed by atoms with Gasteiger partial charge >= 0.3 is 5.97 Å². The van der Waals surface area contributed by atoms with E-state index >= 15 is 0 Å². The van der Waals surface area contributed by atoms with Gasteiger partial charge in [-0.3, -0.25) is 19.3 Å². The molecular weight excluding hydrogens is 446 g/mol. The summed E-state index contributed by atoms with van der Waals surface area (Å²) in [6, 6.07) is 22.2. The number of carbonyl (C=O) groups is 4. The molecule has 1 N–H and O–H groups in total. The number of nitrogens with one attached hydrogen (secondary N) is 1. The Morgan fingerprint density at radius 2 is 1.49 bits per heavy atom. The summed E-state index contributed by atoms with van der Waals surface area (Å²) in [6.07, 6.45) is 0. The van der Waals surface area contributed by atoms with Gasteiger partial charge in [0.1, 0.15) is 5.54 Å². The van der Waals surface area contributed by atoms with Crippen molar-refractivity contribution < 1.29 is 23.9 Å². The summed E-state index contributed by atoms with van der Waals surface area (Å²) in [6.45, 7) is 2.64. The normalized spacial score (nSPS) is 13.9. The van der Waals surface area contributed by atoms with Gasteiger partial charge in [-0.15, -0.1) is 0 Å². The van der Waals surface area contributed by atoms with Crippen molar-refractivity contribution in [1.29, 1.82) is 0 Å². The first-order valence-corrected chi connectivity index (χ1v) is 11.0. The van der Waals surface area contributed by atoms with Crippen LogP contribution in [0.5, 0.6) is 0 Å². The van der Waals surface area contributed by atoms with E-state index in [-0.39, 0.29) is 17.0 Å². The molecule has 0 atom stereocenters. The first-order chi connectivity index (χ1) is 16.7. The zero-order valence-electron chi connectivity index (χ0n) is 19.6. The summed E-state index contributed by atoms with van der Waals surface area (Å²) in [4.78, 5) is 54.6. The standard InChI is InChI=1S/C27H25N3O5/c1-27(2)26(34)28-21-15-9-10-16-22(21)30(27)23(31)17-35-25(33)20-14-8-7-13-19(20)24(32)29(3)18-11-5-4-6-12-18/h4-16H,17H2,1-3H3,(H,28,34). The first kappa shape index (κ1) is 23.7. The van der Waals surface area contributed by atoms with Crippen LogP contribution in [-0.2, 0) is 14.3 Å². The number of rotatable bonds is 5. The highest BCUT2D eigenvalue weighted by molar-refractivity contribution is 6.15. The van der Waals surface area contributed by atoms with Crippen molar-refractivity contribution in [2.24, 2.45) is 0 Å². The molecule has 0 radical (unpaired) electrons. The van der Waals surface area contributed by atoms with Gasteiger partial charge in [-0.05, 0) is 50.2 Å². The predicted molar refractivity (Wildman–Crippen MR) is 133 cm³/mol. The predicted octanol–water partition coefficient (Wildman–Crippen LogP) is 3.88. The molecule has 3 amide bonds. The summed E-state index contributed by atoms with van der Waals surface area (Å²) >= 11 is 0. The maximum atomic E-state index is 13.2. The van der Waals surface area contributed by atoms with E-state index in [0.717, 1.165) is 0 Å². The largest absolute Gasteiger partial charge is 0.452 e. The Morgan fingerprint density at radius 3 is 2.20 bits per heavy atom. The quantitative estimate of drug-likeness (QED) is 0.570. The first-order valence-electron chi connectivity index (χ1n) is 11.0. The molecule has 0 fully saturated rings. The monoisotopic (exact) mass is 471 g/mol. The van der Waals surface area contributed by atoms with E-state index in [1.807, 2.05) is 18.2 Å². The van der Waals surface area contributed by atoms with E-state index in [2.05, 4.69) is 5.32 Å². The molecule has 3 aromatic rings. The van der Waals surface area contributed by atoms with Crippen LogP contribution in [0, 0.1) is 0 Å². The van der Waals surface area contributed by atoms with Crippen molar-refractivity contribution in [3.05, 3.63) is 90.0 Å². The zero-order valence-corrected chi connectivity index (χ0v) is 19.6. The summed E-state index contributed by atoms with van der Waals surface area (Å²) in [5.74, 6) is -2.11. The van der Waals surface area contributed by atoms with Crippen LogP contribution in [-0.4, -0.2) is 42.9 Å². The molecule has 3 aromatic carbocycles. The molecular formula is C27H25N3O5. The van der Waals surface area contributed by atoms with Crippen LogP contribution in [0.15, 0.2) is 78.9 Å². The van der Waals surface area contributed by atoms with Gasteiger partial charge in [0.2, 0.25) is 5.91 Å². The van der Waals surface area contributed by atoms with Gasteiger partial charge in [0, 0.05) is 12.7 Å². The lowest BCUT2D eigenvalue weighted by Gasteiger charge is -2.41. The minimum absolute atomic E-state index is 0.0455. The minimum atomic E-state index is -1.19. The second kappa shape index (κ2) is 9.42. The molecule has 0 saturated carbocycles. The molecule has 1 aliphatic rings. The van der Waals surface area contributed by atoms with Crippen LogP contribution in [0.1, 0.15) is 34.6 Å². The highest BCUT2D eigenvalue weighted by Gasteiger charge is 2.43.